The average molecular weight is 415 g/mol. The van der Waals surface area contributed by atoms with Crippen molar-refractivity contribution in [2.45, 2.75) is 6.92 Å². The number of aryl methyl sites for hydroxylation is 1. The van der Waals surface area contributed by atoms with Gasteiger partial charge in [0.2, 0.25) is 0 Å². The van der Waals surface area contributed by atoms with Crippen LogP contribution in [-0.2, 0) is 0 Å². The van der Waals surface area contributed by atoms with E-state index >= 15 is 0 Å². The van der Waals surface area contributed by atoms with Gasteiger partial charge in [-0.05, 0) is 36.8 Å². The zero-order chi connectivity index (χ0) is 21.7. The summed E-state index contributed by atoms with van der Waals surface area (Å²) in [5.41, 5.74) is 1.99. The third kappa shape index (κ3) is 2.86. The highest BCUT2D eigenvalue weighted by molar-refractivity contribution is 6.09. The fourth-order valence-electron chi connectivity index (χ4n) is 3.80. The number of nitrogens with one attached hydrogen (secondary N) is 2. The minimum Gasteiger partial charge on any atom is -0.504 e. The molecule has 154 valence electrons. The molecule has 0 saturated carbocycles. The van der Waals surface area contributed by atoms with Crippen molar-refractivity contribution in [2.24, 2.45) is 0 Å². The molecule has 3 heterocycles. The molecule has 0 bridgehead atoms. The molecule has 0 aliphatic heterocycles. The summed E-state index contributed by atoms with van der Waals surface area (Å²) in [4.78, 5) is 34.3. The van der Waals surface area contributed by atoms with Gasteiger partial charge in [0, 0.05) is 5.56 Å². The van der Waals surface area contributed by atoms with Crippen molar-refractivity contribution in [3.63, 3.8) is 0 Å². The van der Waals surface area contributed by atoms with E-state index in [0.29, 0.717) is 27.9 Å². The summed E-state index contributed by atoms with van der Waals surface area (Å²) < 4.78 is 6.93. The zero-order valence-electron chi connectivity index (χ0n) is 16.6. The average Bonchev–Trinajstić information content (AvgIpc) is 3.09. The molecular weight excluding hydrogens is 398 g/mol. The van der Waals surface area contributed by atoms with Gasteiger partial charge in [0.25, 0.3) is 5.56 Å². The van der Waals surface area contributed by atoms with Gasteiger partial charge < -0.3 is 9.84 Å². The Kier molecular flexibility index (Phi) is 4.11. The SMILES string of the molecule is COc1cc(-c2c3c(C)nn(-c4ccccc4)c3nc3[nH]c(=O)[nH]c(=O)c23)ccc1O. The van der Waals surface area contributed by atoms with Crippen LogP contribution in [0.25, 0.3) is 38.9 Å². The number of hydrogen-bond donors (Lipinski definition) is 3. The number of H-pyrrole nitrogens is 2. The van der Waals surface area contributed by atoms with Crippen LogP contribution >= 0.6 is 0 Å². The number of hydrogen-bond acceptors (Lipinski definition) is 6. The number of aromatic amines is 2. The smallest absolute Gasteiger partial charge is 0.327 e. The molecular formula is C22H17N5O4. The first-order chi connectivity index (χ1) is 15.0. The molecule has 9 heteroatoms. The van der Waals surface area contributed by atoms with Gasteiger partial charge in [0.05, 0.1) is 29.3 Å². The second kappa shape index (κ2) is 6.84. The molecule has 0 spiro atoms. The Labute approximate surface area is 174 Å². The number of methoxy groups -OCH3 is 1. The van der Waals surface area contributed by atoms with Crippen LogP contribution in [0.2, 0.25) is 0 Å². The molecule has 0 aliphatic carbocycles. The lowest BCUT2D eigenvalue weighted by atomic mass is 9.98. The van der Waals surface area contributed by atoms with Gasteiger partial charge in [-0.2, -0.15) is 5.10 Å². The molecule has 5 rings (SSSR count). The van der Waals surface area contributed by atoms with Crippen LogP contribution in [0.1, 0.15) is 5.69 Å². The van der Waals surface area contributed by atoms with E-state index in [1.165, 1.54) is 13.2 Å². The maximum absolute atomic E-state index is 12.8. The monoisotopic (exact) mass is 415 g/mol. The Balaban J connectivity index is 2.00. The van der Waals surface area contributed by atoms with Crippen molar-refractivity contribution in [2.75, 3.05) is 7.11 Å². The third-order valence-electron chi connectivity index (χ3n) is 5.15. The number of pyridine rings is 1. The molecule has 2 aromatic carbocycles. The first-order valence-corrected chi connectivity index (χ1v) is 9.46. The minimum absolute atomic E-state index is 0.0279. The number of aromatic nitrogens is 5. The first kappa shape index (κ1) is 18.6. The van der Waals surface area contributed by atoms with Crippen molar-refractivity contribution in [3.8, 4) is 28.3 Å². The Morgan fingerprint density at radius 2 is 1.81 bits per heavy atom. The first-order valence-electron chi connectivity index (χ1n) is 9.46. The molecule has 0 saturated heterocycles. The maximum Gasteiger partial charge on any atom is 0.327 e. The number of aromatic hydroxyl groups is 1. The molecule has 0 aliphatic rings. The normalized spacial score (nSPS) is 11.3. The Morgan fingerprint density at radius 1 is 1.03 bits per heavy atom. The highest BCUT2D eigenvalue weighted by atomic mass is 16.5. The van der Waals surface area contributed by atoms with E-state index in [4.69, 9.17) is 4.74 Å². The predicted molar refractivity (Wildman–Crippen MR) is 116 cm³/mol. The molecule has 0 fully saturated rings. The summed E-state index contributed by atoms with van der Waals surface area (Å²) in [6.45, 7) is 1.83. The van der Waals surface area contributed by atoms with Crippen LogP contribution in [0, 0.1) is 6.92 Å². The standard InChI is InChI=1S/C22H17N5O4/c1-11-16-17(12-8-9-14(28)15(10-12)31-2)18-19(24-22(30)25-21(18)29)23-20(16)27(26-11)13-6-4-3-5-7-13/h3-10,28H,1-2H3,(H2,23,24,25,29,30). The number of phenolic OH excluding ortho intramolecular Hbond substituents is 1. The minimum atomic E-state index is -0.652. The number of para-hydroxylation sites is 1. The van der Waals surface area contributed by atoms with Crippen molar-refractivity contribution < 1.29 is 9.84 Å². The quantitative estimate of drug-likeness (QED) is 0.416. The summed E-state index contributed by atoms with van der Waals surface area (Å²) in [6.07, 6.45) is 0. The van der Waals surface area contributed by atoms with Gasteiger partial charge in [-0.1, -0.05) is 24.3 Å². The van der Waals surface area contributed by atoms with E-state index in [2.05, 4.69) is 20.1 Å². The third-order valence-corrected chi connectivity index (χ3v) is 5.15. The second-order valence-corrected chi connectivity index (χ2v) is 7.04. The molecule has 9 nitrogen and oxygen atoms in total. The van der Waals surface area contributed by atoms with Crippen LogP contribution in [0.3, 0.4) is 0 Å². The molecule has 3 aromatic heterocycles. The number of fused-ring (bicyclic) bond motifs is 2. The summed E-state index contributed by atoms with van der Waals surface area (Å²) in [5.74, 6) is 0.226. The summed E-state index contributed by atoms with van der Waals surface area (Å²) >= 11 is 0. The zero-order valence-corrected chi connectivity index (χ0v) is 16.6. The summed E-state index contributed by atoms with van der Waals surface area (Å²) in [5, 5.41) is 15.6. The second-order valence-electron chi connectivity index (χ2n) is 7.04. The van der Waals surface area contributed by atoms with E-state index < -0.39 is 11.2 Å². The molecule has 31 heavy (non-hydrogen) atoms. The Hall–Kier alpha value is -4.40. The number of phenols is 1. The Morgan fingerprint density at radius 3 is 2.55 bits per heavy atom. The maximum atomic E-state index is 12.8. The highest BCUT2D eigenvalue weighted by Gasteiger charge is 2.22. The molecule has 0 radical (unpaired) electrons. The Bertz CT molecular complexity index is 1580. The van der Waals surface area contributed by atoms with Gasteiger partial charge in [-0.25, -0.2) is 14.5 Å². The summed E-state index contributed by atoms with van der Waals surface area (Å²) in [6, 6.07) is 14.3. The van der Waals surface area contributed by atoms with E-state index in [1.807, 2.05) is 37.3 Å². The molecule has 3 N–H and O–H groups in total. The van der Waals surface area contributed by atoms with Crippen LogP contribution in [0.5, 0.6) is 11.5 Å². The van der Waals surface area contributed by atoms with Crippen molar-refractivity contribution in [3.05, 3.63) is 75.1 Å². The number of ether oxygens (including phenoxy) is 1. The van der Waals surface area contributed by atoms with E-state index in [1.54, 1.807) is 16.8 Å². The highest BCUT2D eigenvalue weighted by Crippen LogP contribution is 2.38. The van der Waals surface area contributed by atoms with Gasteiger partial charge in [0.1, 0.15) is 5.65 Å². The fraction of sp³-hybridized carbons (Fsp3) is 0.0909. The molecule has 5 aromatic rings. The van der Waals surface area contributed by atoms with E-state index in [-0.39, 0.29) is 22.5 Å². The van der Waals surface area contributed by atoms with Crippen molar-refractivity contribution in [1.82, 2.24) is 24.7 Å². The lowest BCUT2D eigenvalue weighted by Crippen LogP contribution is -2.23. The number of benzene rings is 2. The fourth-order valence-corrected chi connectivity index (χ4v) is 3.80. The van der Waals surface area contributed by atoms with Crippen LogP contribution in [-0.4, -0.2) is 36.9 Å². The van der Waals surface area contributed by atoms with Crippen LogP contribution < -0.4 is 16.0 Å². The van der Waals surface area contributed by atoms with Crippen LogP contribution in [0.15, 0.2) is 58.1 Å². The van der Waals surface area contributed by atoms with Crippen molar-refractivity contribution in [1.29, 1.82) is 0 Å². The van der Waals surface area contributed by atoms with Gasteiger partial charge in [0.15, 0.2) is 17.1 Å². The van der Waals surface area contributed by atoms with Crippen molar-refractivity contribution >= 4 is 22.1 Å². The van der Waals surface area contributed by atoms with Gasteiger partial charge >= 0.3 is 5.69 Å². The van der Waals surface area contributed by atoms with Crippen LogP contribution in [0.4, 0.5) is 0 Å². The number of nitrogens with zero attached hydrogens (tertiary/aromatic N) is 3. The van der Waals surface area contributed by atoms with E-state index in [9.17, 15) is 14.7 Å². The largest absolute Gasteiger partial charge is 0.504 e. The number of rotatable bonds is 3. The lowest BCUT2D eigenvalue weighted by Gasteiger charge is -2.11. The topological polar surface area (TPSA) is 126 Å². The molecule has 0 unspecified atom stereocenters. The predicted octanol–water partition coefficient (Wildman–Crippen LogP) is 2.64. The molecule has 0 atom stereocenters. The molecule has 0 amide bonds. The van der Waals surface area contributed by atoms with Gasteiger partial charge in [-0.3, -0.25) is 14.8 Å². The van der Waals surface area contributed by atoms with E-state index in [0.717, 1.165) is 5.69 Å². The lowest BCUT2D eigenvalue weighted by molar-refractivity contribution is 0.373. The van der Waals surface area contributed by atoms with Gasteiger partial charge in [-0.15, -0.1) is 0 Å². The summed E-state index contributed by atoms with van der Waals surface area (Å²) in [7, 11) is 1.45.